The van der Waals surface area contributed by atoms with Crippen molar-refractivity contribution < 1.29 is 14.3 Å². The molecule has 1 atom stereocenters. The van der Waals surface area contributed by atoms with Crippen LogP contribution >= 0.6 is 15.9 Å². The molecule has 0 spiro atoms. The Kier molecular flexibility index (Phi) is 5.14. The van der Waals surface area contributed by atoms with Gasteiger partial charge in [-0.3, -0.25) is 18.7 Å². The Labute approximate surface area is 163 Å². The van der Waals surface area contributed by atoms with E-state index >= 15 is 0 Å². The molecule has 27 heavy (non-hydrogen) atoms. The van der Waals surface area contributed by atoms with E-state index in [9.17, 15) is 14.4 Å². The van der Waals surface area contributed by atoms with Gasteiger partial charge in [0.15, 0.2) is 11.5 Å². The van der Waals surface area contributed by atoms with Gasteiger partial charge in [-0.2, -0.15) is 0 Å². The maximum absolute atomic E-state index is 12.8. The lowest BCUT2D eigenvalue weighted by Gasteiger charge is -2.27. The Hall–Kier alpha value is -2.55. The number of aromatic nitrogens is 2. The molecule has 9 heteroatoms. The summed E-state index contributed by atoms with van der Waals surface area (Å²) < 4.78 is 14.0. The number of methoxy groups -OCH3 is 1. The highest BCUT2D eigenvalue weighted by molar-refractivity contribution is 9.10. The van der Waals surface area contributed by atoms with Crippen LogP contribution in [0.3, 0.4) is 0 Å². The summed E-state index contributed by atoms with van der Waals surface area (Å²) in [5.41, 5.74) is 0.165. The van der Waals surface area contributed by atoms with Crippen molar-refractivity contribution in [3.63, 3.8) is 0 Å². The summed E-state index contributed by atoms with van der Waals surface area (Å²) in [6.07, 6.45) is 0.0873. The van der Waals surface area contributed by atoms with E-state index in [1.54, 1.807) is 6.07 Å². The van der Waals surface area contributed by atoms with Crippen molar-refractivity contribution in [3.05, 3.63) is 48.6 Å². The van der Waals surface area contributed by atoms with E-state index in [0.29, 0.717) is 33.7 Å². The van der Waals surface area contributed by atoms with Gasteiger partial charge < -0.3 is 14.8 Å². The molecule has 0 fully saturated rings. The molecule has 1 amide bonds. The SMILES string of the molecule is CCOc1c(Br)cc(C2CC(=O)Nc3c2c(=O)n(C)c(=O)n3C)cc1OC. The number of anilines is 1. The van der Waals surface area contributed by atoms with Crippen molar-refractivity contribution in [2.24, 2.45) is 14.1 Å². The average molecular weight is 438 g/mol. The van der Waals surface area contributed by atoms with E-state index in [1.807, 2.05) is 13.0 Å². The topological polar surface area (TPSA) is 91.6 Å². The number of hydrogen-bond donors (Lipinski definition) is 1. The standard InChI is InChI=1S/C18H20BrN3O5/c1-5-27-15-11(19)6-9(7-12(15)26-4)10-8-13(23)20-16-14(10)17(24)22(3)18(25)21(16)2/h6-7,10H,5,8H2,1-4H3,(H,20,23). The molecule has 1 aromatic carbocycles. The van der Waals surface area contributed by atoms with Gasteiger partial charge in [-0.1, -0.05) is 0 Å². The molecule has 0 radical (unpaired) electrons. The fourth-order valence-electron chi connectivity index (χ4n) is 3.32. The summed E-state index contributed by atoms with van der Waals surface area (Å²) in [6, 6.07) is 3.57. The number of fused-ring (bicyclic) bond motifs is 1. The molecule has 2 heterocycles. The maximum atomic E-state index is 12.8. The summed E-state index contributed by atoms with van der Waals surface area (Å²) >= 11 is 3.48. The number of carbonyl (C=O) groups is 1. The summed E-state index contributed by atoms with van der Waals surface area (Å²) in [4.78, 5) is 37.3. The van der Waals surface area contributed by atoms with Gasteiger partial charge in [-0.05, 0) is 40.5 Å². The van der Waals surface area contributed by atoms with E-state index in [-0.39, 0.29) is 18.1 Å². The Morgan fingerprint density at radius 3 is 2.56 bits per heavy atom. The Morgan fingerprint density at radius 1 is 1.22 bits per heavy atom. The Morgan fingerprint density at radius 2 is 1.93 bits per heavy atom. The maximum Gasteiger partial charge on any atom is 0.332 e. The van der Waals surface area contributed by atoms with Gasteiger partial charge in [0.2, 0.25) is 5.91 Å². The zero-order valence-corrected chi connectivity index (χ0v) is 17.0. The predicted molar refractivity (Wildman–Crippen MR) is 104 cm³/mol. The quantitative estimate of drug-likeness (QED) is 0.785. The van der Waals surface area contributed by atoms with Gasteiger partial charge in [0, 0.05) is 26.4 Å². The zero-order chi connectivity index (χ0) is 19.9. The molecule has 1 aliphatic heterocycles. The average Bonchev–Trinajstić information content (AvgIpc) is 2.65. The first-order chi connectivity index (χ1) is 12.8. The van der Waals surface area contributed by atoms with Gasteiger partial charge in [-0.15, -0.1) is 0 Å². The van der Waals surface area contributed by atoms with Crippen LogP contribution < -0.4 is 26.0 Å². The molecule has 0 aliphatic carbocycles. The molecule has 1 aliphatic rings. The van der Waals surface area contributed by atoms with Crippen LogP contribution in [0.25, 0.3) is 0 Å². The largest absolute Gasteiger partial charge is 0.493 e. The van der Waals surface area contributed by atoms with E-state index in [0.717, 1.165) is 4.57 Å². The minimum absolute atomic E-state index is 0.0873. The minimum Gasteiger partial charge on any atom is -0.493 e. The van der Waals surface area contributed by atoms with Crippen LogP contribution in [0.5, 0.6) is 11.5 Å². The van der Waals surface area contributed by atoms with Crippen LogP contribution in [0.15, 0.2) is 26.2 Å². The molecule has 1 unspecified atom stereocenters. The van der Waals surface area contributed by atoms with Crippen molar-refractivity contribution >= 4 is 27.7 Å². The van der Waals surface area contributed by atoms with Crippen molar-refractivity contribution in [2.45, 2.75) is 19.3 Å². The summed E-state index contributed by atoms with van der Waals surface area (Å²) in [5, 5.41) is 2.65. The molecule has 8 nitrogen and oxygen atoms in total. The van der Waals surface area contributed by atoms with Crippen LogP contribution in [0.2, 0.25) is 0 Å². The summed E-state index contributed by atoms with van der Waals surface area (Å²) in [5.74, 6) is 0.501. The smallest absolute Gasteiger partial charge is 0.332 e. The second kappa shape index (κ2) is 7.22. The fourth-order valence-corrected chi connectivity index (χ4v) is 3.89. The molecule has 0 saturated carbocycles. The van der Waals surface area contributed by atoms with Crippen molar-refractivity contribution in [3.8, 4) is 11.5 Å². The highest BCUT2D eigenvalue weighted by Crippen LogP contribution is 2.42. The number of benzene rings is 1. The molecule has 0 saturated heterocycles. The van der Waals surface area contributed by atoms with Crippen molar-refractivity contribution in [1.82, 2.24) is 9.13 Å². The minimum atomic E-state index is -0.514. The fraction of sp³-hybridized carbons (Fsp3) is 0.389. The first kappa shape index (κ1) is 19.2. The molecule has 2 aromatic rings. The first-order valence-electron chi connectivity index (χ1n) is 8.40. The molecule has 3 rings (SSSR count). The molecule has 144 valence electrons. The lowest BCUT2D eigenvalue weighted by molar-refractivity contribution is -0.116. The zero-order valence-electron chi connectivity index (χ0n) is 15.5. The number of nitrogens with zero attached hydrogens (tertiary/aromatic N) is 2. The number of halogens is 1. The van der Waals surface area contributed by atoms with Crippen LogP contribution in [0.4, 0.5) is 5.82 Å². The van der Waals surface area contributed by atoms with Crippen molar-refractivity contribution in [1.29, 1.82) is 0 Å². The number of carbonyl (C=O) groups excluding carboxylic acids is 1. The normalized spacial score (nSPS) is 15.9. The first-order valence-corrected chi connectivity index (χ1v) is 9.19. The number of rotatable bonds is 4. The van der Waals surface area contributed by atoms with Gasteiger partial charge in [0.1, 0.15) is 5.82 Å². The second-order valence-electron chi connectivity index (χ2n) is 6.24. The molecule has 0 bridgehead atoms. The van der Waals surface area contributed by atoms with Crippen molar-refractivity contribution in [2.75, 3.05) is 19.0 Å². The molecule has 1 aromatic heterocycles. The van der Waals surface area contributed by atoms with Crippen LogP contribution in [-0.2, 0) is 18.9 Å². The van der Waals surface area contributed by atoms with Gasteiger partial charge in [-0.25, -0.2) is 4.79 Å². The second-order valence-corrected chi connectivity index (χ2v) is 7.09. The van der Waals surface area contributed by atoms with Crippen LogP contribution in [0, 0.1) is 0 Å². The number of hydrogen-bond acceptors (Lipinski definition) is 5. The van der Waals surface area contributed by atoms with E-state index in [2.05, 4.69) is 21.2 Å². The van der Waals surface area contributed by atoms with E-state index in [1.165, 1.54) is 25.8 Å². The number of amides is 1. The number of nitrogens with one attached hydrogen (secondary N) is 1. The lowest BCUT2D eigenvalue weighted by Crippen LogP contribution is -2.44. The monoisotopic (exact) mass is 437 g/mol. The Bertz CT molecular complexity index is 1040. The highest BCUT2D eigenvalue weighted by atomic mass is 79.9. The predicted octanol–water partition coefficient (Wildman–Crippen LogP) is 1.73. The van der Waals surface area contributed by atoms with Gasteiger partial charge in [0.25, 0.3) is 5.56 Å². The molecular formula is C18H20BrN3O5. The van der Waals surface area contributed by atoms with E-state index < -0.39 is 17.2 Å². The number of ether oxygens (including phenoxy) is 2. The third kappa shape index (κ3) is 3.16. The van der Waals surface area contributed by atoms with Crippen LogP contribution in [0.1, 0.15) is 30.4 Å². The lowest BCUT2D eigenvalue weighted by atomic mass is 9.86. The van der Waals surface area contributed by atoms with E-state index in [4.69, 9.17) is 9.47 Å². The van der Waals surface area contributed by atoms with Gasteiger partial charge in [0.05, 0.1) is 23.8 Å². The summed E-state index contributed by atoms with van der Waals surface area (Å²) in [6.45, 7) is 2.33. The Balaban J connectivity index is 2.26. The molecular weight excluding hydrogens is 418 g/mol. The molecule has 1 N–H and O–H groups in total. The highest BCUT2D eigenvalue weighted by Gasteiger charge is 2.33. The van der Waals surface area contributed by atoms with Gasteiger partial charge >= 0.3 is 5.69 Å². The third-order valence-electron chi connectivity index (χ3n) is 4.64. The summed E-state index contributed by atoms with van der Waals surface area (Å²) in [7, 11) is 4.48. The van der Waals surface area contributed by atoms with Crippen LogP contribution in [-0.4, -0.2) is 28.8 Å². The third-order valence-corrected chi connectivity index (χ3v) is 5.23.